The molecule has 0 unspecified atom stereocenters. The van der Waals surface area contributed by atoms with Crippen LogP contribution >= 0.6 is 0 Å². The Morgan fingerprint density at radius 1 is 0.792 bits per heavy atom. The lowest BCUT2D eigenvalue weighted by Gasteiger charge is -2.08. The Morgan fingerprint density at radius 2 is 1.50 bits per heavy atom. The van der Waals surface area contributed by atoms with E-state index in [0.717, 1.165) is 12.2 Å². The van der Waals surface area contributed by atoms with Gasteiger partial charge in [0.05, 0.1) is 0 Å². The number of hydrogen-bond donors (Lipinski definition) is 0. The lowest BCUT2D eigenvalue weighted by atomic mass is 10.1. The molecule has 1 heteroatoms. The van der Waals surface area contributed by atoms with E-state index >= 15 is 0 Å². The van der Waals surface area contributed by atoms with Crippen LogP contribution in [0.15, 0.2) is 54.6 Å². The summed E-state index contributed by atoms with van der Waals surface area (Å²) in [6, 6.07) is 17.1. The maximum absolute atomic E-state index is 5.89. The molecule has 0 aliphatic carbocycles. The fourth-order valence-electron chi connectivity index (χ4n) is 2.61. The Kier molecular flexibility index (Phi) is 8.17. The van der Waals surface area contributed by atoms with Crippen molar-refractivity contribution in [3.8, 4) is 5.75 Å². The molecule has 0 N–H and O–H groups in total. The van der Waals surface area contributed by atoms with E-state index in [1.165, 1.54) is 48.8 Å². The highest BCUT2D eigenvalue weighted by Crippen LogP contribution is 2.16. The van der Waals surface area contributed by atoms with Gasteiger partial charge in [-0.1, -0.05) is 81.7 Å². The van der Waals surface area contributed by atoms with Crippen molar-refractivity contribution in [2.75, 3.05) is 0 Å². The minimum absolute atomic E-state index is 0.619. The molecule has 0 saturated carbocycles. The topological polar surface area (TPSA) is 9.23 Å². The number of unbranched alkanes of at least 4 members (excludes halogenated alkanes) is 3. The molecule has 2 aromatic carbocycles. The third-order valence-corrected chi connectivity index (χ3v) is 4.14. The second-order valence-electron chi connectivity index (χ2n) is 6.32. The minimum atomic E-state index is 0.619. The van der Waals surface area contributed by atoms with Gasteiger partial charge in [0.1, 0.15) is 12.4 Å². The zero-order valence-corrected chi connectivity index (χ0v) is 15.1. The van der Waals surface area contributed by atoms with E-state index in [1.807, 2.05) is 0 Å². The van der Waals surface area contributed by atoms with Crippen LogP contribution in [0.4, 0.5) is 0 Å². The smallest absolute Gasteiger partial charge is 0.119 e. The summed E-state index contributed by atoms with van der Waals surface area (Å²) in [6.45, 7) is 5.06. The summed E-state index contributed by atoms with van der Waals surface area (Å²) in [5, 5.41) is 0. The van der Waals surface area contributed by atoms with Crippen molar-refractivity contribution in [1.29, 1.82) is 0 Å². The minimum Gasteiger partial charge on any atom is -0.489 e. The van der Waals surface area contributed by atoms with Gasteiger partial charge in [-0.05, 0) is 48.1 Å². The van der Waals surface area contributed by atoms with Crippen LogP contribution in [0.3, 0.4) is 0 Å². The molecule has 0 atom stereocenters. The van der Waals surface area contributed by atoms with E-state index in [-0.39, 0.29) is 0 Å². The van der Waals surface area contributed by atoms with Gasteiger partial charge in [-0.15, -0.1) is 0 Å². The summed E-state index contributed by atoms with van der Waals surface area (Å²) in [4.78, 5) is 0. The highest BCUT2D eigenvalue weighted by atomic mass is 16.5. The molecule has 0 bridgehead atoms. The first-order valence-corrected chi connectivity index (χ1v) is 9.29. The number of ether oxygens (including phenoxy) is 1. The molecule has 0 aromatic heterocycles. The average molecular weight is 322 g/mol. The summed E-state index contributed by atoms with van der Waals surface area (Å²) in [7, 11) is 0. The van der Waals surface area contributed by atoms with Gasteiger partial charge in [0.2, 0.25) is 0 Å². The van der Waals surface area contributed by atoms with Gasteiger partial charge in [-0.25, -0.2) is 0 Å². The number of allylic oxidation sites excluding steroid dienone is 1. The van der Waals surface area contributed by atoms with Crippen LogP contribution in [-0.2, 0) is 13.0 Å². The van der Waals surface area contributed by atoms with Crippen LogP contribution < -0.4 is 4.74 Å². The molecule has 2 aromatic rings. The van der Waals surface area contributed by atoms with Crippen molar-refractivity contribution in [2.24, 2.45) is 0 Å². The third-order valence-electron chi connectivity index (χ3n) is 4.14. The second-order valence-corrected chi connectivity index (χ2v) is 6.32. The molecule has 128 valence electrons. The standard InChI is InChI=1S/C23H30O/c1-3-5-7-9-20-11-13-22(14-12-20)19-24-23-17-15-21(16-18-23)10-8-6-4-2/h7,9,11-18H,3-6,8,10,19H2,1-2H3. The van der Waals surface area contributed by atoms with E-state index < -0.39 is 0 Å². The van der Waals surface area contributed by atoms with Gasteiger partial charge in [0.25, 0.3) is 0 Å². The SMILES string of the molecule is CCCC=Cc1ccc(COc2ccc(CCCCC)cc2)cc1. The molecule has 0 saturated heterocycles. The first-order valence-electron chi connectivity index (χ1n) is 9.29. The Morgan fingerprint density at radius 3 is 2.17 bits per heavy atom. The Hall–Kier alpha value is -2.02. The first-order chi connectivity index (χ1) is 11.8. The van der Waals surface area contributed by atoms with Crippen molar-refractivity contribution < 1.29 is 4.74 Å². The molecular formula is C23H30O. The molecular weight excluding hydrogens is 292 g/mol. The van der Waals surface area contributed by atoms with E-state index in [9.17, 15) is 0 Å². The first kappa shape index (κ1) is 18.3. The number of benzene rings is 2. The third kappa shape index (κ3) is 6.62. The normalized spacial score (nSPS) is 11.1. The highest BCUT2D eigenvalue weighted by molar-refractivity contribution is 5.49. The van der Waals surface area contributed by atoms with Gasteiger partial charge in [0, 0.05) is 0 Å². The molecule has 0 radical (unpaired) electrons. The second kappa shape index (κ2) is 10.7. The predicted molar refractivity (Wildman–Crippen MR) is 104 cm³/mol. The summed E-state index contributed by atoms with van der Waals surface area (Å²) in [6.07, 6.45) is 11.8. The van der Waals surface area contributed by atoms with Gasteiger partial charge in [0.15, 0.2) is 0 Å². The maximum atomic E-state index is 5.89. The predicted octanol–water partition coefficient (Wildman–Crippen LogP) is 6.81. The van der Waals surface area contributed by atoms with Crippen LogP contribution in [0.25, 0.3) is 6.08 Å². The Labute approximate surface area is 147 Å². The maximum Gasteiger partial charge on any atom is 0.119 e. The zero-order valence-electron chi connectivity index (χ0n) is 15.1. The summed E-state index contributed by atoms with van der Waals surface area (Å²) in [5.74, 6) is 0.946. The van der Waals surface area contributed by atoms with Gasteiger partial charge >= 0.3 is 0 Å². The average Bonchev–Trinajstić information content (AvgIpc) is 2.63. The molecule has 0 amide bonds. The van der Waals surface area contributed by atoms with Crippen molar-refractivity contribution >= 4 is 6.08 Å². The van der Waals surface area contributed by atoms with E-state index in [0.29, 0.717) is 6.61 Å². The van der Waals surface area contributed by atoms with Gasteiger partial charge < -0.3 is 4.74 Å². The summed E-state index contributed by atoms with van der Waals surface area (Å²) < 4.78 is 5.89. The molecule has 0 heterocycles. The summed E-state index contributed by atoms with van der Waals surface area (Å²) >= 11 is 0. The van der Waals surface area contributed by atoms with Gasteiger partial charge in [-0.2, -0.15) is 0 Å². The van der Waals surface area contributed by atoms with Crippen molar-refractivity contribution in [3.05, 3.63) is 71.3 Å². The zero-order chi connectivity index (χ0) is 17.0. The van der Waals surface area contributed by atoms with Crippen LogP contribution in [0.2, 0.25) is 0 Å². The van der Waals surface area contributed by atoms with Gasteiger partial charge in [-0.3, -0.25) is 0 Å². The van der Waals surface area contributed by atoms with Crippen molar-refractivity contribution in [2.45, 2.75) is 59.0 Å². The quantitative estimate of drug-likeness (QED) is 0.436. The number of hydrogen-bond acceptors (Lipinski definition) is 1. The van der Waals surface area contributed by atoms with E-state index in [2.05, 4.69) is 74.5 Å². The number of aryl methyl sites for hydroxylation is 1. The van der Waals surface area contributed by atoms with Crippen molar-refractivity contribution in [3.63, 3.8) is 0 Å². The van der Waals surface area contributed by atoms with Crippen LogP contribution in [0.1, 0.15) is 62.6 Å². The Bertz CT molecular complexity index is 593. The lowest BCUT2D eigenvalue weighted by Crippen LogP contribution is -1.95. The molecule has 0 aliphatic rings. The fraction of sp³-hybridized carbons (Fsp3) is 0.391. The van der Waals surface area contributed by atoms with Crippen molar-refractivity contribution in [1.82, 2.24) is 0 Å². The van der Waals surface area contributed by atoms with E-state index in [4.69, 9.17) is 4.74 Å². The molecule has 0 spiro atoms. The molecule has 2 rings (SSSR count). The molecule has 0 fully saturated rings. The monoisotopic (exact) mass is 322 g/mol. The van der Waals surface area contributed by atoms with Crippen LogP contribution in [0.5, 0.6) is 5.75 Å². The lowest BCUT2D eigenvalue weighted by molar-refractivity contribution is 0.306. The fourth-order valence-corrected chi connectivity index (χ4v) is 2.61. The summed E-state index contributed by atoms with van der Waals surface area (Å²) in [5.41, 5.74) is 3.86. The largest absolute Gasteiger partial charge is 0.489 e. The highest BCUT2D eigenvalue weighted by Gasteiger charge is 1.98. The van der Waals surface area contributed by atoms with Crippen LogP contribution in [-0.4, -0.2) is 0 Å². The van der Waals surface area contributed by atoms with Crippen LogP contribution in [0, 0.1) is 0 Å². The molecule has 1 nitrogen and oxygen atoms in total. The molecule has 24 heavy (non-hydrogen) atoms. The number of rotatable bonds is 10. The molecule has 0 aliphatic heterocycles. The van der Waals surface area contributed by atoms with E-state index in [1.54, 1.807) is 0 Å². The Balaban J connectivity index is 1.80.